The summed E-state index contributed by atoms with van der Waals surface area (Å²) in [6.07, 6.45) is 3.30. The van der Waals surface area contributed by atoms with Crippen molar-refractivity contribution in [3.8, 4) is 5.75 Å². The Hall–Kier alpha value is -1.12. The fourth-order valence-corrected chi connectivity index (χ4v) is 1.02. The molecule has 0 bridgehead atoms. The standard InChI is InChI=1S/C9H12FNO.C2H6/c1-7(2)8-5-11-4-3-9(8)12-6-10;1-2/h3-5,7H,6H2,1-2H3;1-2H3. The zero-order valence-corrected chi connectivity index (χ0v) is 9.25. The summed E-state index contributed by atoms with van der Waals surface area (Å²) >= 11 is 0. The molecule has 0 N–H and O–H groups in total. The Bertz CT molecular complexity index is 251. The third kappa shape index (κ3) is 3.73. The van der Waals surface area contributed by atoms with Gasteiger partial charge in [0.1, 0.15) is 5.75 Å². The molecule has 0 aliphatic rings. The number of alkyl halides is 1. The first-order valence-corrected chi connectivity index (χ1v) is 4.88. The molecule has 80 valence electrons. The van der Waals surface area contributed by atoms with Crippen molar-refractivity contribution in [3.63, 3.8) is 0 Å². The number of hydrogen-bond donors (Lipinski definition) is 0. The highest BCUT2D eigenvalue weighted by Crippen LogP contribution is 2.24. The first kappa shape index (κ1) is 12.9. The molecule has 0 saturated carbocycles. The van der Waals surface area contributed by atoms with Gasteiger partial charge in [0, 0.05) is 18.0 Å². The van der Waals surface area contributed by atoms with Crippen molar-refractivity contribution >= 4 is 0 Å². The van der Waals surface area contributed by atoms with Crippen molar-refractivity contribution in [2.45, 2.75) is 33.6 Å². The third-order valence-electron chi connectivity index (χ3n) is 1.64. The second-order valence-electron chi connectivity index (χ2n) is 2.82. The van der Waals surface area contributed by atoms with Gasteiger partial charge in [-0.3, -0.25) is 4.98 Å². The minimum atomic E-state index is -0.788. The average Bonchev–Trinajstić information content (AvgIpc) is 2.22. The van der Waals surface area contributed by atoms with Gasteiger partial charge in [-0.1, -0.05) is 27.7 Å². The third-order valence-corrected chi connectivity index (χ3v) is 1.64. The van der Waals surface area contributed by atoms with E-state index in [1.807, 2.05) is 27.7 Å². The van der Waals surface area contributed by atoms with Gasteiger partial charge in [0.05, 0.1) is 0 Å². The molecule has 0 spiro atoms. The molecule has 1 heterocycles. The van der Waals surface area contributed by atoms with Crippen molar-refractivity contribution < 1.29 is 9.13 Å². The molecular formula is C11H18FNO. The monoisotopic (exact) mass is 199 g/mol. The lowest BCUT2D eigenvalue weighted by molar-refractivity contribution is 0.189. The van der Waals surface area contributed by atoms with Gasteiger partial charge in [0.2, 0.25) is 6.86 Å². The smallest absolute Gasteiger partial charge is 0.228 e. The number of nitrogens with zero attached hydrogens (tertiary/aromatic N) is 1. The quantitative estimate of drug-likeness (QED) is 0.742. The van der Waals surface area contributed by atoms with Crippen molar-refractivity contribution in [2.75, 3.05) is 6.86 Å². The molecule has 0 fully saturated rings. The number of aromatic nitrogens is 1. The van der Waals surface area contributed by atoms with Gasteiger partial charge in [-0.15, -0.1) is 0 Å². The molecule has 1 rings (SSSR count). The SMILES string of the molecule is CC.CC(C)c1cnccc1OCF. The molecule has 0 unspecified atom stereocenters. The van der Waals surface area contributed by atoms with Gasteiger partial charge >= 0.3 is 0 Å². The molecule has 1 aromatic rings. The lowest BCUT2D eigenvalue weighted by Crippen LogP contribution is -1.97. The van der Waals surface area contributed by atoms with Gasteiger partial charge in [0.25, 0.3) is 0 Å². The first-order valence-electron chi connectivity index (χ1n) is 4.88. The molecule has 0 saturated heterocycles. The molecule has 3 heteroatoms. The Balaban J connectivity index is 0.000000791. The van der Waals surface area contributed by atoms with E-state index in [0.717, 1.165) is 5.56 Å². The molecule has 14 heavy (non-hydrogen) atoms. The van der Waals surface area contributed by atoms with Crippen LogP contribution in [0.15, 0.2) is 18.5 Å². The van der Waals surface area contributed by atoms with E-state index in [1.54, 1.807) is 18.5 Å². The van der Waals surface area contributed by atoms with Gasteiger partial charge < -0.3 is 4.74 Å². The summed E-state index contributed by atoms with van der Waals surface area (Å²) in [6.45, 7) is 7.24. The van der Waals surface area contributed by atoms with Gasteiger partial charge in [-0.05, 0) is 12.0 Å². The summed E-state index contributed by atoms with van der Waals surface area (Å²) in [4.78, 5) is 3.95. The van der Waals surface area contributed by atoms with E-state index in [9.17, 15) is 4.39 Å². The van der Waals surface area contributed by atoms with Crippen LogP contribution in [0.4, 0.5) is 4.39 Å². The predicted octanol–water partition coefficient (Wildman–Crippen LogP) is 3.54. The maximum absolute atomic E-state index is 11.9. The fourth-order valence-electron chi connectivity index (χ4n) is 1.02. The topological polar surface area (TPSA) is 22.1 Å². The summed E-state index contributed by atoms with van der Waals surface area (Å²) in [7, 11) is 0. The minimum Gasteiger partial charge on any atom is -0.463 e. The van der Waals surface area contributed by atoms with Crippen LogP contribution in [0.5, 0.6) is 5.75 Å². The first-order chi connectivity index (χ1) is 6.75. The summed E-state index contributed by atoms with van der Waals surface area (Å²) in [5, 5.41) is 0. The van der Waals surface area contributed by atoms with Gasteiger partial charge in [-0.25, -0.2) is 4.39 Å². The van der Waals surface area contributed by atoms with Crippen LogP contribution in [0.2, 0.25) is 0 Å². The Kier molecular flexibility index (Phi) is 6.72. The van der Waals surface area contributed by atoms with Crippen molar-refractivity contribution in [2.24, 2.45) is 0 Å². The summed E-state index contributed by atoms with van der Waals surface area (Å²) in [6, 6.07) is 1.68. The van der Waals surface area contributed by atoms with Crippen LogP contribution in [0.1, 0.15) is 39.2 Å². The molecule has 0 atom stereocenters. The number of halogens is 1. The van der Waals surface area contributed by atoms with Gasteiger partial charge in [0.15, 0.2) is 0 Å². The van der Waals surface area contributed by atoms with E-state index in [0.29, 0.717) is 11.7 Å². The zero-order valence-electron chi connectivity index (χ0n) is 9.25. The number of pyridine rings is 1. The maximum atomic E-state index is 11.9. The van der Waals surface area contributed by atoms with Crippen LogP contribution >= 0.6 is 0 Å². The van der Waals surface area contributed by atoms with Crippen molar-refractivity contribution in [1.29, 1.82) is 0 Å². The molecule has 0 radical (unpaired) electrons. The van der Waals surface area contributed by atoms with E-state index in [1.165, 1.54) is 0 Å². The van der Waals surface area contributed by atoms with Crippen LogP contribution < -0.4 is 4.74 Å². The molecule has 0 amide bonds. The van der Waals surface area contributed by atoms with Crippen LogP contribution in [0, 0.1) is 0 Å². The average molecular weight is 199 g/mol. The molecule has 2 nitrogen and oxygen atoms in total. The van der Waals surface area contributed by atoms with E-state index in [-0.39, 0.29) is 0 Å². The number of ether oxygens (including phenoxy) is 1. The molecule has 0 aromatic carbocycles. The highest BCUT2D eigenvalue weighted by Gasteiger charge is 2.06. The van der Waals surface area contributed by atoms with Crippen LogP contribution in [-0.4, -0.2) is 11.8 Å². The maximum Gasteiger partial charge on any atom is 0.228 e. The van der Waals surface area contributed by atoms with Crippen LogP contribution in [0.3, 0.4) is 0 Å². The second kappa shape index (κ2) is 7.30. The highest BCUT2D eigenvalue weighted by molar-refractivity contribution is 5.32. The fraction of sp³-hybridized carbons (Fsp3) is 0.545. The molecule has 0 aliphatic heterocycles. The highest BCUT2D eigenvalue weighted by atomic mass is 19.1. The summed E-state index contributed by atoms with van der Waals surface area (Å²) < 4.78 is 16.7. The molecular weight excluding hydrogens is 181 g/mol. The lowest BCUT2D eigenvalue weighted by atomic mass is 10.1. The number of hydrogen-bond acceptors (Lipinski definition) is 2. The van der Waals surface area contributed by atoms with E-state index in [4.69, 9.17) is 4.74 Å². The van der Waals surface area contributed by atoms with Crippen molar-refractivity contribution in [1.82, 2.24) is 4.98 Å². The van der Waals surface area contributed by atoms with E-state index >= 15 is 0 Å². The Morgan fingerprint density at radius 1 is 1.43 bits per heavy atom. The predicted molar refractivity (Wildman–Crippen MR) is 56.3 cm³/mol. The second-order valence-corrected chi connectivity index (χ2v) is 2.82. The van der Waals surface area contributed by atoms with Crippen LogP contribution in [0.25, 0.3) is 0 Å². The normalized spacial score (nSPS) is 9.29. The van der Waals surface area contributed by atoms with Gasteiger partial charge in [-0.2, -0.15) is 0 Å². The molecule has 1 aromatic heterocycles. The molecule has 0 aliphatic carbocycles. The summed E-state index contributed by atoms with van der Waals surface area (Å²) in [5.41, 5.74) is 0.940. The zero-order chi connectivity index (χ0) is 11.0. The van der Waals surface area contributed by atoms with E-state index in [2.05, 4.69) is 4.98 Å². The van der Waals surface area contributed by atoms with E-state index < -0.39 is 6.86 Å². The number of rotatable bonds is 3. The minimum absolute atomic E-state index is 0.306. The van der Waals surface area contributed by atoms with Crippen LogP contribution in [-0.2, 0) is 0 Å². The van der Waals surface area contributed by atoms with Crippen molar-refractivity contribution in [3.05, 3.63) is 24.0 Å². The summed E-state index contributed by atoms with van der Waals surface area (Å²) in [5.74, 6) is 0.891. The Morgan fingerprint density at radius 3 is 2.57 bits per heavy atom. The Morgan fingerprint density at radius 2 is 2.07 bits per heavy atom. The largest absolute Gasteiger partial charge is 0.463 e. The Labute approximate surface area is 85.1 Å². The lowest BCUT2D eigenvalue weighted by Gasteiger charge is -2.10.